The van der Waals surface area contributed by atoms with Crippen LogP contribution < -0.4 is 0 Å². The zero-order valence-electron chi connectivity index (χ0n) is 6.77. The normalized spacial score (nSPS) is 20.4. The molecule has 1 heterocycles. The van der Waals surface area contributed by atoms with Gasteiger partial charge < -0.3 is 4.98 Å². The average Bonchev–Trinajstić information content (AvgIpc) is 2.39. The van der Waals surface area contributed by atoms with Gasteiger partial charge >= 0.3 is 0 Å². The monoisotopic (exact) mass is 149 g/mol. The average molecular weight is 149 g/mol. The molecule has 0 radical (unpaired) electrons. The van der Waals surface area contributed by atoms with E-state index in [4.69, 9.17) is 0 Å². The molecule has 2 heteroatoms. The van der Waals surface area contributed by atoms with Crippen LogP contribution in [-0.2, 0) is 6.42 Å². The minimum Gasteiger partial charge on any atom is -0.367 e. The summed E-state index contributed by atoms with van der Waals surface area (Å²) in [6, 6.07) is 0. The zero-order valence-corrected chi connectivity index (χ0v) is 6.77. The summed E-state index contributed by atoms with van der Waals surface area (Å²) in [6.07, 6.45) is 4.60. The van der Waals surface area contributed by atoms with Crippen LogP contribution in [0.5, 0.6) is 0 Å². The van der Waals surface area contributed by atoms with Crippen LogP contribution in [0.1, 0.15) is 29.8 Å². The minimum absolute atomic E-state index is 0.167. The first-order valence-electron chi connectivity index (χ1n) is 3.82. The lowest BCUT2D eigenvalue weighted by Gasteiger charge is -2.13. The van der Waals surface area contributed by atoms with E-state index < -0.39 is 0 Å². The van der Waals surface area contributed by atoms with Crippen molar-refractivity contribution in [2.75, 3.05) is 0 Å². The van der Waals surface area contributed by atoms with E-state index in [1.807, 2.05) is 20.0 Å². The molecule has 0 bridgehead atoms. The Hall–Kier alpha value is -1.05. The molecular formula is C9H11NO. The number of carbonyl (C=O) groups excluding carboxylic acids is 1. The smallest absolute Gasteiger partial charge is 0.170 e. The Morgan fingerprint density at radius 2 is 2.18 bits per heavy atom. The number of fused-ring (bicyclic) bond motifs is 1. The molecule has 0 spiro atoms. The van der Waals surface area contributed by atoms with Crippen molar-refractivity contribution >= 4 is 5.78 Å². The molecule has 1 aromatic heterocycles. The van der Waals surface area contributed by atoms with E-state index in [-0.39, 0.29) is 11.2 Å². The number of H-pyrrole nitrogens is 1. The van der Waals surface area contributed by atoms with Crippen molar-refractivity contribution in [1.29, 1.82) is 0 Å². The van der Waals surface area contributed by atoms with Gasteiger partial charge in [-0.1, -0.05) is 13.8 Å². The summed E-state index contributed by atoms with van der Waals surface area (Å²) < 4.78 is 0. The second kappa shape index (κ2) is 1.76. The van der Waals surface area contributed by atoms with E-state index in [0.29, 0.717) is 0 Å². The van der Waals surface area contributed by atoms with Crippen LogP contribution in [0.15, 0.2) is 12.4 Å². The van der Waals surface area contributed by atoms with E-state index in [9.17, 15) is 4.79 Å². The van der Waals surface area contributed by atoms with Gasteiger partial charge in [0.15, 0.2) is 5.78 Å². The van der Waals surface area contributed by atoms with E-state index in [0.717, 1.165) is 12.0 Å². The maximum Gasteiger partial charge on any atom is 0.170 e. The molecule has 0 saturated carbocycles. The minimum atomic E-state index is -0.167. The zero-order chi connectivity index (χ0) is 8.06. The number of aromatic nitrogens is 1. The summed E-state index contributed by atoms with van der Waals surface area (Å²) in [7, 11) is 0. The van der Waals surface area contributed by atoms with Gasteiger partial charge in [0.05, 0.1) is 0 Å². The van der Waals surface area contributed by atoms with Crippen molar-refractivity contribution in [1.82, 2.24) is 4.98 Å². The van der Waals surface area contributed by atoms with Gasteiger partial charge in [0.25, 0.3) is 0 Å². The van der Waals surface area contributed by atoms with E-state index in [2.05, 4.69) is 4.98 Å². The third kappa shape index (κ3) is 0.754. The standard InChI is InChI=1S/C9H11NO/c1-9(2)3-6-4-10-5-7(6)8(9)11/h4-5,10H,3H2,1-2H3. The molecule has 11 heavy (non-hydrogen) atoms. The Morgan fingerprint density at radius 1 is 1.45 bits per heavy atom. The van der Waals surface area contributed by atoms with Gasteiger partial charge in [-0.2, -0.15) is 0 Å². The second-order valence-corrected chi connectivity index (χ2v) is 3.78. The topological polar surface area (TPSA) is 32.9 Å². The molecular weight excluding hydrogens is 138 g/mol. The maximum absolute atomic E-state index is 11.6. The molecule has 0 aliphatic heterocycles. The van der Waals surface area contributed by atoms with Gasteiger partial charge in [-0.05, 0) is 12.0 Å². The van der Waals surface area contributed by atoms with Crippen molar-refractivity contribution in [2.24, 2.45) is 5.41 Å². The molecule has 0 aromatic carbocycles. The van der Waals surface area contributed by atoms with E-state index in [1.165, 1.54) is 5.56 Å². The van der Waals surface area contributed by atoms with Crippen LogP contribution in [0.2, 0.25) is 0 Å². The summed E-state index contributed by atoms with van der Waals surface area (Å²) in [6.45, 7) is 3.99. The fourth-order valence-corrected chi connectivity index (χ4v) is 1.67. The van der Waals surface area contributed by atoms with Crippen molar-refractivity contribution < 1.29 is 4.79 Å². The number of carbonyl (C=O) groups is 1. The number of nitrogens with one attached hydrogen (secondary N) is 1. The van der Waals surface area contributed by atoms with Crippen LogP contribution in [-0.4, -0.2) is 10.8 Å². The molecule has 1 aromatic rings. The van der Waals surface area contributed by atoms with Gasteiger partial charge in [0.1, 0.15) is 0 Å². The molecule has 0 unspecified atom stereocenters. The van der Waals surface area contributed by atoms with Crippen molar-refractivity contribution in [3.8, 4) is 0 Å². The number of hydrogen-bond acceptors (Lipinski definition) is 1. The Kier molecular flexibility index (Phi) is 1.06. The van der Waals surface area contributed by atoms with Crippen LogP contribution in [0.4, 0.5) is 0 Å². The summed E-state index contributed by atoms with van der Waals surface area (Å²) in [4.78, 5) is 14.5. The van der Waals surface area contributed by atoms with Gasteiger partial charge in [0, 0.05) is 23.4 Å². The Labute approximate surface area is 65.6 Å². The SMILES string of the molecule is CC1(C)Cc2c[nH]cc2C1=O. The Morgan fingerprint density at radius 3 is 2.82 bits per heavy atom. The first kappa shape index (κ1) is 6.65. The molecule has 0 amide bonds. The summed E-state index contributed by atoms with van der Waals surface area (Å²) in [5.74, 6) is 0.272. The Bertz CT molecular complexity index is 309. The number of rotatable bonds is 0. The molecule has 1 aliphatic carbocycles. The quantitative estimate of drug-likeness (QED) is 0.599. The third-order valence-electron chi connectivity index (χ3n) is 2.32. The number of aromatic amines is 1. The molecule has 58 valence electrons. The first-order chi connectivity index (χ1) is 5.11. The summed E-state index contributed by atoms with van der Waals surface area (Å²) >= 11 is 0. The molecule has 0 fully saturated rings. The van der Waals surface area contributed by atoms with Crippen LogP contribution in [0.3, 0.4) is 0 Å². The summed E-state index contributed by atoms with van der Waals surface area (Å²) in [5.41, 5.74) is 1.88. The largest absolute Gasteiger partial charge is 0.367 e. The molecule has 2 nitrogen and oxygen atoms in total. The predicted octanol–water partition coefficient (Wildman–Crippen LogP) is 1.78. The Balaban J connectivity index is 2.54. The molecule has 2 rings (SSSR count). The lowest BCUT2D eigenvalue weighted by Crippen LogP contribution is -2.19. The second-order valence-electron chi connectivity index (χ2n) is 3.78. The lowest BCUT2D eigenvalue weighted by molar-refractivity contribution is 0.0863. The number of Topliss-reactive ketones (excluding diaryl/α,β-unsaturated/α-hetero) is 1. The highest BCUT2D eigenvalue weighted by Crippen LogP contribution is 2.35. The molecule has 0 atom stereocenters. The van der Waals surface area contributed by atoms with E-state index in [1.54, 1.807) is 6.20 Å². The highest BCUT2D eigenvalue weighted by atomic mass is 16.1. The van der Waals surface area contributed by atoms with Gasteiger partial charge in [-0.3, -0.25) is 4.79 Å². The molecule has 1 N–H and O–H groups in total. The van der Waals surface area contributed by atoms with E-state index >= 15 is 0 Å². The van der Waals surface area contributed by atoms with Crippen LogP contribution in [0.25, 0.3) is 0 Å². The maximum atomic E-state index is 11.6. The molecule has 1 aliphatic rings. The van der Waals surface area contributed by atoms with Gasteiger partial charge in [-0.15, -0.1) is 0 Å². The first-order valence-corrected chi connectivity index (χ1v) is 3.82. The number of ketones is 1. The van der Waals surface area contributed by atoms with Crippen LogP contribution in [0, 0.1) is 5.41 Å². The van der Waals surface area contributed by atoms with Gasteiger partial charge in [-0.25, -0.2) is 0 Å². The van der Waals surface area contributed by atoms with Crippen molar-refractivity contribution in [3.05, 3.63) is 23.5 Å². The molecule has 0 saturated heterocycles. The highest BCUT2D eigenvalue weighted by molar-refractivity contribution is 6.04. The highest BCUT2D eigenvalue weighted by Gasteiger charge is 2.37. The predicted molar refractivity (Wildman–Crippen MR) is 42.6 cm³/mol. The fourth-order valence-electron chi connectivity index (χ4n) is 1.67. The lowest BCUT2D eigenvalue weighted by atomic mass is 9.89. The summed E-state index contributed by atoms with van der Waals surface area (Å²) in [5, 5.41) is 0. The van der Waals surface area contributed by atoms with Crippen molar-refractivity contribution in [2.45, 2.75) is 20.3 Å². The van der Waals surface area contributed by atoms with Gasteiger partial charge in [0.2, 0.25) is 0 Å². The number of hydrogen-bond donors (Lipinski definition) is 1. The fraction of sp³-hybridized carbons (Fsp3) is 0.444. The van der Waals surface area contributed by atoms with Crippen LogP contribution >= 0.6 is 0 Å². The third-order valence-corrected chi connectivity index (χ3v) is 2.32. The van der Waals surface area contributed by atoms with Crippen molar-refractivity contribution in [3.63, 3.8) is 0 Å².